The lowest BCUT2D eigenvalue weighted by atomic mass is 9.78. The van der Waals surface area contributed by atoms with Crippen molar-refractivity contribution in [1.82, 2.24) is 5.32 Å². The minimum atomic E-state index is -0.623. The van der Waals surface area contributed by atoms with Crippen molar-refractivity contribution in [2.75, 3.05) is 0 Å². The third-order valence-electron chi connectivity index (χ3n) is 4.81. The summed E-state index contributed by atoms with van der Waals surface area (Å²) in [6, 6.07) is 9.85. The molecule has 23 heavy (non-hydrogen) atoms. The molecule has 2 rings (SSSR count). The minimum absolute atomic E-state index is 0.0147. The lowest BCUT2D eigenvalue weighted by molar-refractivity contribution is -0.132. The van der Waals surface area contributed by atoms with Crippen molar-refractivity contribution in [3.05, 3.63) is 35.9 Å². The van der Waals surface area contributed by atoms with E-state index in [-0.39, 0.29) is 17.2 Å². The van der Waals surface area contributed by atoms with Crippen LogP contribution < -0.4 is 11.1 Å². The van der Waals surface area contributed by atoms with E-state index >= 15 is 0 Å². The molecule has 0 spiro atoms. The van der Waals surface area contributed by atoms with E-state index in [1.165, 1.54) is 5.56 Å². The van der Waals surface area contributed by atoms with E-state index in [4.69, 9.17) is 5.73 Å². The Morgan fingerprint density at radius 1 is 1.09 bits per heavy atom. The number of amides is 2. The zero-order valence-corrected chi connectivity index (χ0v) is 14.3. The average molecular weight is 316 g/mol. The third kappa shape index (κ3) is 4.57. The van der Waals surface area contributed by atoms with Gasteiger partial charge in [0.1, 0.15) is 6.04 Å². The highest BCUT2D eigenvalue weighted by atomic mass is 16.2. The molecule has 3 N–H and O–H groups in total. The summed E-state index contributed by atoms with van der Waals surface area (Å²) in [5, 5.41) is 2.87. The molecule has 0 saturated heterocycles. The molecule has 1 aromatic rings. The number of hydrogen-bond acceptors (Lipinski definition) is 2. The Hall–Kier alpha value is -1.84. The first kappa shape index (κ1) is 17.5. The molecule has 1 fully saturated rings. The van der Waals surface area contributed by atoms with Crippen molar-refractivity contribution < 1.29 is 9.59 Å². The Morgan fingerprint density at radius 2 is 1.65 bits per heavy atom. The summed E-state index contributed by atoms with van der Waals surface area (Å²) in [6.45, 7) is 5.74. The zero-order chi connectivity index (χ0) is 17.0. The molecule has 0 bridgehead atoms. The van der Waals surface area contributed by atoms with Crippen molar-refractivity contribution in [2.24, 2.45) is 17.1 Å². The number of nitrogens with two attached hydrogens (primary N) is 1. The lowest BCUT2D eigenvalue weighted by Crippen LogP contribution is -2.53. The fourth-order valence-corrected chi connectivity index (χ4v) is 3.39. The zero-order valence-electron chi connectivity index (χ0n) is 14.3. The maximum Gasteiger partial charge on any atom is 0.240 e. The molecular weight excluding hydrogens is 288 g/mol. The topological polar surface area (TPSA) is 72.2 Å². The molecule has 0 aromatic heterocycles. The van der Waals surface area contributed by atoms with Gasteiger partial charge in [0.25, 0.3) is 0 Å². The quantitative estimate of drug-likeness (QED) is 0.896. The number of carbonyl (C=O) groups excluding carboxylic acids is 2. The Kier molecular flexibility index (Phi) is 5.45. The molecule has 126 valence electrons. The van der Waals surface area contributed by atoms with Crippen LogP contribution in [0.1, 0.15) is 57.9 Å². The van der Waals surface area contributed by atoms with E-state index in [0.717, 1.165) is 25.7 Å². The lowest BCUT2D eigenvalue weighted by Gasteiger charge is -2.32. The van der Waals surface area contributed by atoms with Crippen LogP contribution in [-0.4, -0.2) is 17.9 Å². The maximum absolute atomic E-state index is 12.5. The number of rotatable bonds is 4. The number of nitrogens with one attached hydrogen (secondary N) is 1. The molecule has 1 aliphatic rings. The van der Waals surface area contributed by atoms with Crippen molar-refractivity contribution in [2.45, 2.75) is 58.4 Å². The number of hydrogen-bond donors (Lipinski definition) is 2. The summed E-state index contributed by atoms with van der Waals surface area (Å²) < 4.78 is 0. The minimum Gasteiger partial charge on any atom is -0.368 e. The van der Waals surface area contributed by atoms with Gasteiger partial charge >= 0.3 is 0 Å². The van der Waals surface area contributed by atoms with E-state index in [1.54, 1.807) is 0 Å². The van der Waals surface area contributed by atoms with E-state index < -0.39 is 11.9 Å². The number of benzene rings is 1. The van der Waals surface area contributed by atoms with Crippen LogP contribution in [-0.2, 0) is 9.59 Å². The van der Waals surface area contributed by atoms with Gasteiger partial charge in [-0.25, -0.2) is 0 Å². The van der Waals surface area contributed by atoms with Crippen LogP contribution in [0, 0.1) is 11.3 Å². The second-order valence-corrected chi connectivity index (χ2v) is 7.67. The van der Waals surface area contributed by atoms with Crippen LogP contribution in [0.15, 0.2) is 30.3 Å². The Labute approximate surface area is 138 Å². The normalized spacial score (nSPS) is 23.1. The number of primary amides is 1. The second kappa shape index (κ2) is 7.16. The van der Waals surface area contributed by atoms with E-state index in [9.17, 15) is 9.59 Å². The van der Waals surface area contributed by atoms with E-state index in [1.807, 2.05) is 26.8 Å². The van der Waals surface area contributed by atoms with Crippen molar-refractivity contribution in [3.8, 4) is 0 Å². The summed E-state index contributed by atoms with van der Waals surface area (Å²) in [4.78, 5) is 24.1. The Balaban J connectivity index is 1.92. The average Bonchev–Trinajstić information content (AvgIpc) is 2.52. The van der Waals surface area contributed by atoms with Gasteiger partial charge in [0.15, 0.2) is 0 Å². The highest BCUT2D eigenvalue weighted by Crippen LogP contribution is 2.36. The molecule has 0 aliphatic heterocycles. The molecule has 0 unspecified atom stereocenters. The first-order valence-corrected chi connectivity index (χ1v) is 8.43. The SMILES string of the molecule is CC(C)(C)[C@H](NC(=O)C1CCC(c2ccccc2)CC1)C(N)=O. The van der Waals surface area contributed by atoms with Crippen LogP contribution in [0.2, 0.25) is 0 Å². The first-order chi connectivity index (χ1) is 10.8. The smallest absolute Gasteiger partial charge is 0.240 e. The highest BCUT2D eigenvalue weighted by Gasteiger charge is 2.34. The predicted molar refractivity (Wildman–Crippen MR) is 91.7 cm³/mol. The summed E-state index contributed by atoms with van der Waals surface area (Å²) in [5.74, 6) is 0.0213. The third-order valence-corrected chi connectivity index (χ3v) is 4.81. The van der Waals surface area contributed by atoms with Gasteiger partial charge in [0.05, 0.1) is 0 Å². The molecule has 1 aromatic carbocycles. The molecule has 1 aliphatic carbocycles. The molecular formula is C19H28N2O2. The molecule has 1 saturated carbocycles. The van der Waals surface area contributed by atoms with Gasteiger partial charge in [-0.3, -0.25) is 9.59 Å². The largest absolute Gasteiger partial charge is 0.368 e. The summed E-state index contributed by atoms with van der Waals surface area (Å²) in [7, 11) is 0. The van der Waals surface area contributed by atoms with Crippen LogP contribution in [0.25, 0.3) is 0 Å². The molecule has 4 heteroatoms. The second-order valence-electron chi connectivity index (χ2n) is 7.67. The van der Waals surface area contributed by atoms with Gasteiger partial charge < -0.3 is 11.1 Å². The van der Waals surface area contributed by atoms with Crippen molar-refractivity contribution >= 4 is 11.8 Å². The van der Waals surface area contributed by atoms with Gasteiger partial charge in [-0.05, 0) is 42.6 Å². The van der Waals surface area contributed by atoms with Crippen molar-refractivity contribution in [3.63, 3.8) is 0 Å². The fraction of sp³-hybridized carbons (Fsp3) is 0.579. The summed E-state index contributed by atoms with van der Waals surface area (Å²) in [6.07, 6.45) is 3.75. The Bertz CT molecular complexity index is 540. The predicted octanol–water partition coefficient (Wildman–Crippen LogP) is 2.98. The van der Waals surface area contributed by atoms with Gasteiger partial charge in [0, 0.05) is 5.92 Å². The van der Waals surface area contributed by atoms with Crippen LogP contribution in [0.3, 0.4) is 0 Å². The van der Waals surface area contributed by atoms with Gasteiger partial charge in [-0.1, -0.05) is 51.1 Å². The molecule has 0 heterocycles. The van der Waals surface area contributed by atoms with Gasteiger partial charge in [0.2, 0.25) is 11.8 Å². The standard InChI is InChI=1S/C19H28N2O2/c1-19(2,3)16(17(20)22)21-18(23)15-11-9-14(10-12-15)13-7-5-4-6-8-13/h4-8,14-16H,9-12H2,1-3H3,(H2,20,22)(H,21,23)/t14?,15?,16-/m1/s1. The summed E-state index contributed by atoms with van der Waals surface area (Å²) in [5.41, 5.74) is 6.43. The van der Waals surface area contributed by atoms with Crippen molar-refractivity contribution in [1.29, 1.82) is 0 Å². The summed E-state index contributed by atoms with van der Waals surface area (Å²) >= 11 is 0. The maximum atomic E-state index is 12.5. The van der Waals surface area contributed by atoms with Crippen LogP contribution in [0.5, 0.6) is 0 Å². The molecule has 1 atom stereocenters. The van der Waals surface area contributed by atoms with E-state index in [2.05, 4.69) is 29.6 Å². The highest BCUT2D eigenvalue weighted by molar-refractivity contribution is 5.88. The number of carbonyl (C=O) groups is 2. The molecule has 4 nitrogen and oxygen atoms in total. The van der Waals surface area contributed by atoms with Crippen LogP contribution in [0.4, 0.5) is 0 Å². The molecule has 0 radical (unpaired) electrons. The van der Waals surface area contributed by atoms with Crippen LogP contribution >= 0.6 is 0 Å². The van der Waals surface area contributed by atoms with E-state index in [0.29, 0.717) is 5.92 Å². The Morgan fingerprint density at radius 3 is 2.13 bits per heavy atom. The monoisotopic (exact) mass is 316 g/mol. The fourth-order valence-electron chi connectivity index (χ4n) is 3.39. The molecule has 2 amide bonds. The van der Waals surface area contributed by atoms with Gasteiger partial charge in [-0.15, -0.1) is 0 Å². The van der Waals surface area contributed by atoms with Gasteiger partial charge in [-0.2, -0.15) is 0 Å². The first-order valence-electron chi connectivity index (χ1n) is 8.43.